The molecule has 24 heavy (non-hydrogen) atoms. The molecule has 0 bridgehead atoms. The summed E-state index contributed by atoms with van der Waals surface area (Å²) < 4.78 is 36.2. The summed E-state index contributed by atoms with van der Waals surface area (Å²) in [6, 6.07) is 11.1. The SMILES string of the molecule is Cc1ccc(OCCN(C)Cc2ccc(S(=O)(=O)N(C)C)o2)cc1. The van der Waals surface area contributed by atoms with Crippen LogP contribution in [-0.2, 0) is 16.6 Å². The fraction of sp³-hybridized carbons (Fsp3) is 0.412. The molecule has 0 amide bonds. The van der Waals surface area contributed by atoms with Gasteiger partial charge in [0.2, 0.25) is 5.09 Å². The third-order valence-corrected chi connectivity index (χ3v) is 5.25. The van der Waals surface area contributed by atoms with Crippen molar-refractivity contribution in [2.75, 3.05) is 34.3 Å². The van der Waals surface area contributed by atoms with Gasteiger partial charge in [-0.1, -0.05) is 17.7 Å². The van der Waals surface area contributed by atoms with Crippen LogP contribution in [0.1, 0.15) is 11.3 Å². The largest absolute Gasteiger partial charge is 0.492 e. The summed E-state index contributed by atoms with van der Waals surface area (Å²) in [5.74, 6) is 1.44. The van der Waals surface area contributed by atoms with Crippen molar-refractivity contribution >= 4 is 10.0 Å². The third kappa shape index (κ3) is 4.83. The van der Waals surface area contributed by atoms with E-state index in [9.17, 15) is 8.42 Å². The van der Waals surface area contributed by atoms with E-state index in [0.29, 0.717) is 25.5 Å². The van der Waals surface area contributed by atoms with Gasteiger partial charge in [0.15, 0.2) is 0 Å². The Balaban J connectivity index is 1.83. The Bertz CT molecular complexity index is 751. The number of furan rings is 1. The Morgan fingerprint density at radius 2 is 1.71 bits per heavy atom. The van der Waals surface area contributed by atoms with E-state index in [1.54, 1.807) is 6.07 Å². The van der Waals surface area contributed by atoms with Crippen LogP contribution in [0, 0.1) is 6.92 Å². The minimum atomic E-state index is -3.52. The molecule has 1 aromatic heterocycles. The number of hydrogen-bond donors (Lipinski definition) is 0. The number of aryl methyl sites for hydroxylation is 1. The van der Waals surface area contributed by atoms with Gasteiger partial charge in [-0.15, -0.1) is 0 Å². The fourth-order valence-corrected chi connectivity index (χ4v) is 2.87. The zero-order valence-electron chi connectivity index (χ0n) is 14.5. The van der Waals surface area contributed by atoms with Gasteiger partial charge in [-0.3, -0.25) is 4.90 Å². The van der Waals surface area contributed by atoms with Gasteiger partial charge in [0, 0.05) is 20.6 Å². The van der Waals surface area contributed by atoms with E-state index in [0.717, 1.165) is 10.1 Å². The predicted octanol–water partition coefficient (Wildman–Crippen LogP) is 2.35. The van der Waals surface area contributed by atoms with Crippen molar-refractivity contribution in [2.45, 2.75) is 18.6 Å². The number of nitrogens with zero attached hydrogens (tertiary/aromatic N) is 2. The predicted molar refractivity (Wildman–Crippen MR) is 92.6 cm³/mol. The summed E-state index contributed by atoms with van der Waals surface area (Å²) in [6.45, 7) is 3.79. The second-order valence-electron chi connectivity index (χ2n) is 5.91. The van der Waals surface area contributed by atoms with Crippen LogP contribution in [0.2, 0.25) is 0 Å². The Hall–Kier alpha value is -1.83. The van der Waals surface area contributed by atoms with Gasteiger partial charge in [0.05, 0.1) is 6.54 Å². The molecule has 0 unspecified atom stereocenters. The maximum absolute atomic E-state index is 12.0. The third-order valence-electron chi connectivity index (χ3n) is 3.56. The number of sulfonamides is 1. The van der Waals surface area contributed by atoms with Crippen LogP contribution in [0.3, 0.4) is 0 Å². The van der Waals surface area contributed by atoms with E-state index in [1.807, 2.05) is 43.1 Å². The Morgan fingerprint density at radius 3 is 2.33 bits per heavy atom. The Labute approximate surface area is 143 Å². The van der Waals surface area contributed by atoms with E-state index in [1.165, 1.54) is 25.7 Å². The van der Waals surface area contributed by atoms with Crippen LogP contribution in [-0.4, -0.2) is 51.9 Å². The molecule has 2 rings (SSSR count). The van der Waals surface area contributed by atoms with Crippen molar-refractivity contribution in [3.8, 4) is 5.75 Å². The second kappa shape index (κ2) is 7.83. The number of likely N-dealkylation sites (N-methyl/N-ethyl adjacent to an activating group) is 1. The van der Waals surface area contributed by atoms with Gasteiger partial charge < -0.3 is 9.15 Å². The van der Waals surface area contributed by atoms with Gasteiger partial charge >= 0.3 is 0 Å². The van der Waals surface area contributed by atoms with E-state index in [4.69, 9.17) is 9.15 Å². The van der Waals surface area contributed by atoms with Gasteiger partial charge in [0.1, 0.15) is 18.1 Å². The lowest BCUT2D eigenvalue weighted by Crippen LogP contribution is -2.24. The molecule has 0 saturated carbocycles. The Morgan fingerprint density at radius 1 is 1.04 bits per heavy atom. The zero-order valence-corrected chi connectivity index (χ0v) is 15.3. The molecule has 0 spiro atoms. The standard InChI is InChI=1S/C17H24N2O4S/c1-14-5-7-15(8-6-14)22-12-11-19(4)13-16-9-10-17(23-16)24(20,21)18(2)3/h5-10H,11-13H2,1-4H3. The maximum Gasteiger partial charge on any atom is 0.275 e. The minimum absolute atomic E-state index is 0.0354. The number of benzene rings is 1. The molecule has 1 heterocycles. The Kier molecular flexibility index (Phi) is 6.04. The quantitative estimate of drug-likeness (QED) is 0.730. The van der Waals surface area contributed by atoms with Crippen molar-refractivity contribution in [1.29, 1.82) is 0 Å². The van der Waals surface area contributed by atoms with Crippen LogP contribution >= 0.6 is 0 Å². The van der Waals surface area contributed by atoms with Crippen molar-refractivity contribution < 1.29 is 17.6 Å². The summed E-state index contributed by atoms with van der Waals surface area (Å²) in [5, 5.41) is -0.0354. The van der Waals surface area contributed by atoms with Crippen molar-refractivity contribution in [1.82, 2.24) is 9.21 Å². The summed E-state index contributed by atoms with van der Waals surface area (Å²) in [6.07, 6.45) is 0. The number of rotatable bonds is 8. The highest BCUT2D eigenvalue weighted by Crippen LogP contribution is 2.18. The van der Waals surface area contributed by atoms with Gasteiger partial charge in [-0.05, 0) is 38.2 Å². The smallest absolute Gasteiger partial charge is 0.275 e. The zero-order chi connectivity index (χ0) is 17.7. The normalized spacial score (nSPS) is 12.1. The second-order valence-corrected chi connectivity index (χ2v) is 7.99. The van der Waals surface area contributed by atoms with E-state index in [-0.39, 0.29) is 5.09 Å². The molecule has 0 radical (unpaired) electrons. The van der Waals surface area contributed by atoms with Crippen LogP contribution in [0.15, 0.2) is 45.9 Å². The molecular formula is C17H24N2O4S. The van der Waals surface area contributed by atoms with Crippen molar-refractivity contribution in [3.05, 3.63) is 47.7 Å². The summed E-state index contributed by atoms with van der Waals surface area (Å²) >= 11 is 0. The molecule has 0 aliphatic carbocycles. The first kappa shape index (κ1) is 18.5. The molecule has 2 aromatic rings. The minimum Gasteiger partial charge on any atom is -0.492 e. The average molecular weight is 352 g/mol. The van der Waals surface area contributed by atoms with Crippen LogP contribution < -0.4 is 4.74 Å². The van der Waals surface area contributed by atoms with E-state index < -0.39 is 10.0 Å². The lowest BCUT2D eigenvalue weighted by Gasteiger charge is -2.15. The van der Waals surface area contributed by atoms with Crippen LogP contribution in [0.4, 0.5) is 0 Å². The van der Waals surface area contributed by atoms with E-state index in [2.05, 4.69) is 0 Å². The summed E-state index contributed by atoms with van der Waals surface area (Å²) in [5.41, 5.74) is 1.20. The number of hydrogen-bond acceptors (Lipinski definition) is 5. The van der Waals surface area contributed by atoms with Gasteiger partial charge in [-0.25, -0.2) is 12.7 Å². The molecule has 0 fully saturated rings. The molecule has 0 aliphatic heterocycles. The summed E-state index contributed by atoms with van der Waals surface area (Å²) in [4.78, 5) is 2.01. The molecule has 0 aliphatic rings. The van der Waals surface area contributed by atoms with Crippen molar-refractivity contribution in [2.24, 2.45) is 0 Å². The van der Waals surface area contributed by atoms with Gasteiger partial charge in [-0.2, -0.15) is 0 Å². The van der Waals surface area contributed by atoms with Crippen molar-refractivity contribution in [3.63, 3.8) is 0 Å². The average Bonchev–Trinajstić information content (AvgIpc) is 2.98. The van der Waals surface area contributed by atoms with Gasteiger partial charge in [0.25, 0.3) is 10.0 Å². The highest BCUT2D eigenvalue weighted by molar-refractivity contribution is 7.88. The topological polar surface area (TPSA) is 63.0 Å². The first-order valence-electron chi connectivity index (χ1n) is 7.68. The molecule has 0 atom stereocenters. The first-order valence-corrected chi connectivity index (χ1v) is 9.12. The molecule has 1 aromatic carbocycles. The molecule has 132 valence electrons. The summed E-state index contributed by atoms with van der Waals surface area (Å²) in [7, 11) is 1.36. The fourth-order valence-electron chi connectivity index (χ4n) is 2.06. The molecule has 0 saturated heterocycles. The lowest BCUT2D eigenvalue weighted by atomic mass is 10.2. The lowest BCUT2D eigenvalue weighted by molar-refractivity contribution is 0.218. The monoisotopic (exact) mass is 352 g/mol. The van der Waals surface area contributed by atoms with Crippen LogP contribution in [0.5, 0.6) is 5.75 Å². The molecule has 6 nitrogen and oxygen atoms in total. The highest BCUT2D eigenvalue weighted by atomic mass is 32.2. The molecular weight excluding hydrogens is 328 g/mol. The number of ether oxygens (including phenoxy) is 1. The van der Waals surface area contributed by atoms with Crippen LogP contribution in [0.25, 0.3) is 0 Å². The molecule has 7 heteroatoms. The molecule has 0 N–H and O–H groups in total. The highest BCUT2D eigenvalue weighted by Gasteiger charge is 2.21. The maximum atomic E-state index is 12.0. The van der Waals surface area contributed by atoms with E-state index >= 15 is 0 Å². The first-order chi connectivity index (χ1) is 11.3.